The molecule has 0 aliphatic carbocycles. The first kappa shape index (κ1) is 13.8. The third kappa shape index (κ3) is 3.69. The fraction of sp³-hybridized carbons (Fsp3) is 0.533. The summed E-state index contributed by atoms with van der Waals surface area (Å²) >= 11 is 1.77. The average Bonchev–Trinajstić information content (AvgIpc) is 3.13. The van der Waals surface area contributed by atoms with Crippen molar-refractivity contribution in [3.63, 3.8) is 0 Å². The molecule has 0 spiro atoms. The normalized spacial score (nSPS) is 22.4. The standard InChI is InChI=1S/C15H19NO3S/c17-15-7-12(11-19-15)8-16(9-13-3-1-5-18-13)10-14-4-2-6-20-14/h2,4,6-7,13H,1,3,5,8-11H2/t13-/m0/s1. The van der Waals surface area contributed by atoms with Gasteiger partial charge in [-0.2, -0.15) is 0 Å². The zero-order valence-electron chi connectivity index (χ0n) is 11.4. The Balaban J connectivity index is 1.62. The van der Waals surface area contributed by atoms with E-state index < -0.39 is 0 Å². The first-order valence-corrected chi connectivity index (χ1v) is 7.90. The van der Waals surface area contributed by atoms with Gasteiger partial charge in [0.1, 0.15) is 6.61 Å². The molecule has 0 saturated carbocycles. The fourth-order valence-corrected chi connectivity index (χ4v) is 3.42. The lowest BCUT2D eigenvalue weighted by Crippen LogP contribution is -2.33. The molecule has 0 N–H and O–H groups in total. The van der Waals surface area contributed by atoms with E-state index >= 15 is 0 Å². The Kier molecular flexibility index (Phi) is 4.50. The molecule has 20 heavy (non-hydrogen) atoms. The van der Waals surface area contributed by atoms with E-state index in [-0.39, 0.29) is 5.97 Å². The van der Waals surface area contributed by atoms with Gasteiger partial charge in [0, 0.05) is 37.2 Å². The molecule has 1 aromatic rings. The van der Waals surface area contributed by atoms with Crippen LogP contribution in [0.15, 0.2) is 29.2 Å². The monoisotopic (exact) mass is 293 g/mol. The zero-order valence-corrected chi connectivity index (χ0v) is 12.2. The molecule has 1 saturated heterocycles. The highest BCUT2D eigenvalue weighted by molar-refractivity contribution is 7.09. The molecule has 108 valence electrons. The number of hydrogen-bond acceptors (Lipinski definition) is 5. The van der Waals surface area contributed by atoms with Crippen LogP contribution in [0.3, 0.4) is 0 Å². The quantitative estimate of drug-likeness (QED) is 0.754. The van der Waals surface area contributed by atoms with E-state index in [9.17, 15) is 4.79 Å². The van der Waals surface area contributed by atoms with Crippen molar-refractivity contribution in [3.05, 3.63) is 34.0 Å². The number of carbonyl (C=O) groups is 1. The maximum absolute atomic E-state index is 11.2. The summed E-state index contributed by atoms with van der Waals surface area (Å²) < 4.78 is 10.7. The molecule has 3 rings (SSSR count). The van der Waals surface area contributed by atoms with Gasteiger partial charge in [-0.1, -0.05) is 6.07 Å². The van der Waals surface area contributed by atoms with Gasteiger partial charge in [-0.05, 0) is 29.9 Å². The summed E-state index contributed by atoms with van der Waals surface area (Å²) in [5.74, 6) is -0.215. The fourth-order valence-electron chi connectivity index (χ4n) is 2.68. The predicted molar refractivity (Wildman–Crippen MR) is 77.6 cm³/mol. The smallest absolute Gasteiger partial charge is 0.331 e. The Bertz CT molecular complexity index is 477. The van der Waals surface area contributed by atoms with Crippen LogP contribution in [-0.4, -0.2) is 43.3 Å². The van der Waals surface area contributed by atoms with Gasteiger partial charge in [0.05, 0.1) is 6.10 Å². The van der Waals surface area contributed by atoms with Crippen LogP contribution in [0, 0.1) is 0 Å². The second kappa shape index (κ2) is 6.52. The Hall–Kier alpha value is -1.17. The predicted octanol–water partition coefficient (Wildman–Crippen LogP) is 2.21. The molecule has 1 fully saturated rings. The van der Waals surface area contributed by atoms with Crippen LogP contribution in [0.25, 0.3) is 0 Å². The van der Waals surface area contributed by atoms with Crippen LogP contribution >= 0.6 is 11.3 Å². The van der Waals surface area contributed by atoms with Crippen molar-refractivity contribution in [2.45, 2.75) is 25.5 Å². The summed E-state index contributed by atoms with van der Waals surface area (Å²) in [6.45, 7) is 3.92. The summed E-state index contributed by atoms with van der Waals surface area (Å²) in [5.41, 5.74) is 1.06. The third-order valence-electron chi connectivity index (χ3n) is 3.59. The number of hydrogen-bond donors (Lipinski definition) is 0. The lowest BCUT2D eigenvalue weighted by atomic mass is 10.2. The van der Waals surface area contributed by atoms with E-state index in [1.54, 1.807) is 17.4 Å². The molecular formula is C15H19NO3S. The van der Waals surface area contributed by atoms with E-state index in [2.05, 4.69) is 22.4 Å². The second-order valence-corrected chi connectivity index (χ2v) is 6.33. The number of cyclic esters (lactones) is 1. The molecule has 5 heteroatoms. The summed E-state index contributed by atoms with van der Waals surface area (Å²) in [5, 5.41) is 2.10. The van der Waals surface area contributed by atoms with Crippen LogP contribution in [0.1, 0.15) is 17.7 Å². The highest BCUT2D eigenvalue weighted by Crippen LogP contribution is 2.19. The summed E-state index contributed by atoms with van der Waals surface area (Å²) in [4.78, 5) is 14.9. The van der Waals surface area contributed by atoms with Crippen molar-refractivity contribution in [3.8, 4) is 0 Å². The Morgan fingerprint density at radius 2 is 2.35 bits per heavy atom. The second-order valence-electron chi connectivity index (χ2n) is 5.29. The Morgan fingerprint density at radius 3 is 3.00 bits per heavy atom. The molecule has 0 bridgehead atoms. The molecule has 1 aromatic heterocycles. The average molecular weight is 293 g/mol. The van der Waals surface area contributed by atoms with Crippen molar-refractivity contribution in [1.82, 2.24) is 4.90 Å². The summed E-state index contributed by atoms with van der Waals surface area (Å²) in [6, 6.07) is 4.23. The Labute approximate surface area is 123 Å². The summed E-state index contributed by atoms with van der Waals surface area (Å²) in [7, 11) is 0. The molecule has 3 heterocycles. The maximum atomic E-state index is 11.2. The number of rotatable bonds is 6. The Morgan fingerprint density at radius 1 is 1.40 bits per heavy atom. The maximum Gasteiger partial charge on any atom is 0.331 e. The van der Waals surface area contributed by atoms with Gasteiger partial charge in [-0.3, -0.25) is 4.90 Å². The van der Waals surface area contributed by atoms with Crippen LogP contribution in [0.4, 0.5) is 0 Å². The van der Waals surface area contributed by atoms with Gasteiger partial charge < -0.3 is 9.47 Å². The van der Waals surface area contributed by atoms with Crippen molar-refractivity contribution in [2.24, 2.45) is 0 Å². The molecule has 2 aliphatic heterocycles. The van der Waals surface area contributed by atoms with E-state index in [4.69, 9.17) is 9.47 Å². The summed E-state index contributed by atoms with van der Waals surface area (Å²) in [6.07, 6.45) is 4.24. The molecule has 0 unspecified atom stereocenters. The lowest BCUT2D eigenvalue weighted by molar-refractivity contribution is -0.134. The lowest BCUT2D eigenvalue weighted by Gasteiger charge is -2.24. The van der Waals surface area contributed by atoms with Crippen molar-refractivity contribution >= 4 is 17.3 Å². The van der Waals surface area contributed by atoms with E-state index in [1.807, 2.05) is 0 Å². The number of ether oxygens (including phenoxy) is 2. The molecule has 4 nitrogen and oxygen atoms in total. The van der Waals surface area contributed by atoms with Crippen molar-refractivity contribution in [2.75, 3.05) is 26.3 Å². The van der Waals surface area contributed by atoms with E-state index in [1.165, 1.54) is 4.88 Å². The van der Waals surface area contributed by atoms with E-state index in [0.717, 1.165) is 44.7 Å². The molecule has 2 aliphatic rings. The van der Waals surface area contributed by atoms with Gasteiger partial charge in [0.25, 0.3) is 0 Å². The highest BCUT2D eigenvalue weighted by Gasteiger charge is 2.22. The molecule has 1 atom stereocenters. The van der Waals surface area contributed by atoms with Gasteiger partial charge in [-0.15, -0.1) is 11.3 Å². The van der Waals surface area contributed by atoms with Gasteiger partial charge in [0.2, 0.25) is 0 Å². The van der Waals surface area contributed by atoms with Gasteiger partial charge in [0.15, 0.2) is 0 Å². The zero-order chi connectivity index (χ0) is 13.8. The third-order valence-corrected chi connectivity index (χ3v) is 4.46. The number of carbonyl (C=O) groups excluding carboxylic acids is 1. The van der Waals surface area contributed by atoms with E-state index in [0.29, 0.717) is 12.7 Å². The van der Waals surface area contributed by atoms with Crippen LogP contribution in [0.2, 0.25) is 0 Å². The minimum Gasteiger partial charge on any atom is -0.458 e. The number of nitrogens with zero attached hydrogens (tertiary/aromatic N) is 1. The number of thiophene rings is 1. The highest BCUT2D eigenvalue weighted by atomic mass is 32.1. The molecular weight excluding hydrogens is 274 g/mol. The molecule has 0 aromatic carbocycles. The van der Waals surface area contributed by atoms with Gasteiger partial charge in [-0.25, -0.2) is 4.79 Å². The van der Waals surface area contributed by atoms with Crippen LogP contribution < -0.4 is 0 Å². The van der Waals surface area contributed by atoms with Crippen molar-refractivity contribution < 1.29 is 14.3 Å². The first-order valence-electron chi connectivity index (χ1n) is 7.02. The van der Waals surface area contributed by atoms with Crippen LogP contribution in [0.5, 0.6) is 0 Å². The van der Waals surface area contributed by atoms with Crippen molar-refractivity contribution in [1.29, 1.82) is 0 Å². The van der Waals surface area contributed by atoms with Gasteiger partial charge >= 0.3 is 5.97 Å². The minimum absolute atomic E-state index is 0.215. The molecule has 0 amide bonds. The topological polar surface area (TPSA) is 38.8 Å². The SMILES string of the molecule is O=C1C=C(CN(Cc2cccs2)C[C@@H]2CCCO2)CO1. The first-order chi connectivity index (χ1) is 9.79. The number of esters is 1. The molecule has 0 radical (unpaired) electrons. The largest absolute Gasteiger partial charge is 0.458 e. The van der Waals surface area contributed by atoms with Crippen LogP contribution in [-0.2, 0) is 20.8 Å². The minimum atomic E-state index is -0.215.